The van der Waals surface area contributed by atoms with E-state index in [1.54, 1.807) is 0 Å². The van der Waals surface area contributed by atoms with E-state index in [0.717, 1.165) is 38.3 Å². The maximum atomic E-state index is 12.6. The lowest BCUT2D eigenvalue weighted by molar-refractivity contribution is -0.126. The molecule has 0 aromatic heterocycles. The Bertz CT molecular complexity index is 468. The van der Waals surface area contributed by atoms with E-state index in [0.29, 0.717) is 0 Å². The van der Waals surface area contributed by atoms with Gasteiger partial charge < -0.3 is 10.6 Å². The molecule has 1 heterocycles. The average molecular weight is 337 g/mol. The Morgan fingerprint density at radius 2 is 1.74 bits per heavy atom. The van der Waals surface area contributed by atoms with Gasteiger partial charge in [-0.2, -0.15) is 0 Å². The number of carbonyl (C=O) groups excluding carboxylic acids is 1. The molecule has 1 unspecified atom stereocenters. The van der Waals surface area contributed by atoms with Crippen molar-refractivity contribution in [3.63, 3.8) is 0 Å². The maximum Gasteiger partial charge on any atom is 0.223 e. The lowest BCUT2D eigenvalue weighted by Gasteiger charge is -2.27. The summed E-state index contributed by atoms with van der Waals surface area (Å²) in [5, 5.41) is 6.70. The first-order valence-corrected chi connectivity index (χ1v) is 8.89. The number of halogens is 1. The molecule has 2 N–H and O–H groups in total. The van der Waals surface area contributed by atoms with E-state index in [2.05, 4.69) is 34.9 Å². The first-order valence-electron chi connectivity index (χ1n) is 8.89. The van der Waals surface area contributed by atoms with Gasteiger partial charge in [0.15, 0.2) is 0 Å². The minimum Gasteiger partial charge on any atom is -0.349 e. The number of piperidine rings is 1. The standard InChI is InChI=1S/C19H28N2O.ClH/c22-19(17-10-12-20-13-11-17)21-18(14-15-6-4-5-7-15)16-8-2-1-3-9-16;/h1-3,8-9,15,17-18,20H,4-7,10-14H2,(H,21,22);1H. The molecule has 1 aliphatic heterocycles. The second-order valence-corrected chi connectivity index (χ2v) is 6.88. The summed E-state index contributed by atoms with van der Waals surface area (Å²) in [6.07, 6.45) is 8.40. The van der Waals surface area contributed by atoms with Crippen LogP contribution in [0, 0.1) is 11.8 Å². The van der Waals surface area contributed by atoms with Crippen molar-refractivity contribution in [3.8, 4) is 0 Å². The number of amides is 1. The summed E-state index contributed by atoms with van der Waals surface area (Å²) in [5.74, 6) is 1.22. The Morgan fingerprint density at radius 3 is 2.39 bits per heavy atom. The number of nitrogens with one attached hydrogen (secondary N) is 2. The van der Waals surface area contributed by atoms with Gasteiger partial charge in [0.1, 0.15) is 0 Å². The monoisotopic (exact) mass is 336 g/mol. The van der Waals surface area contributed by atoms with Crippen molar-refractivity contribution in [2.24, 2.45) is 11.8 Å². The fraction of sp³-hybridized carbons (Fsp3) is 0.632. The summed E-state index contributed by atoms with van der Waals surface area (Å²) >= 11 is 0. The van der Waals surface area contributed by atoms with E-state index < -0.39 is 0 Å². The molecule has 1 saturated carbocycles. The number of hydrogen-bond donors (Lipinski definition) is 2. The molecule has 1 aromatic rings. The predicted molar refractivity (Wildman–Crippen MR) is 96.7 cm³/mol. The zero-order valence-electron chi connectivity index (χ0n) is 13.8. The molecule has 0 spiro atoms. The van der Waals surface area contributed by atoms with Crippen molar-refractivity contribution >= 4 is 18.3 Å². The van der Waals surface area contributed by atoms with Crippen molar-refractivity contribution in [1.82, 2.24) is 10.6 Å². The predicted octanol–water partition coefficient (Wildman–Crippen LogP) is 3.85. The zero-order valence-corrected chi connectivity index (χ0v) is 14.6. The molecule has 3 nitrogen and oxygen atoms in total. The van der Waals surface area contributed by atoms with Crippen LogP contribution in [0.15, 0.2) is 30.3 Å². The molecule has 0 radical (unpaired) electrons. The molecule has 128 valence electrons. The van der Waals surface area contributed by atoms with Gasteiger partial charge in [0.05, 0.1) is 6.04 Å². The minimum atomic E-state index is 0. The average Bonchev–Trinajstić information content (AvgIpc) is 3.09. The molecule has 23 heavy (non-hydrogen) atoms. The van der Waals surface area contributed by atoms with Crippen LogP contribution < -0.4 is 10.6 Å². The van der Waals surface area contributed by atoms with Gasteiger partial charge in [-0.3, -0.25) is 4.79 Å². The van der Waals surface area contributed by atoms with Crippen LogP contribution in [0.4, 0.5) is 0 Å². The summed E-state index contributed by atoms with van der Waals surface area (Å²) in [5.41, 5.74) is 1.26. The van der Waals surface area contributed by atoms with Gasteiger partial charge in [0.2, 0.25) is 5.91 Å². The third-order valence-corrected chi connectivity index (χ3v) is 5.27. The van der Waals surface area contributed by atoms with Gasteiger partial charge in [-0.05, 0) is 43.8 Å². The molecular weight excluding hydrogens is 308 g/mol. The minimum absolute atomic E-state index is 0. The molecular formula is C19H29ClN2O. The van der Waals surface area contributed by atoms with E-state index in [-0.39, 0.29) is 30.3 Å². The molecule has 4 heteroatoms. The smallest absolute Gasteiger partial charge is 0.223 e. The van der Waals surface area contributed by atoms with Crippen LogP contribution in [0.1, 0.15) is 56.6 Å². The number of hydrogen-bond acceptors (Lipinski definition) is 2. The maximum absolute atomic E-state index is 12.6. The summed E-state index contributed by atoms with van der Waals surface area (Å²) < 4.78 is 0. The highest BCUT2D eigenvalue weighted by Crippen LogP contribution is 2.33. The summed E-state index contributed by atoms with van der Waals surface area (Å²) in [4.78, 5) is 12.6. The van der Waals surface area contributed by atoms with Crippen molar-refractivity contribution in [3.05, 3.63) is 35.9 Å². The Morgan fingerprint density at radius 1 is 1.09 bits per heavy atom. The summed E-state index contributed by atoms with van der Waals surface area (Å²) in [6, 6.07) is 10.7. The summed E-state index contributed by atoms with van der Waals surface area (Å²) in [6.45, 7) is 1.94. The van der Waals surface area contributed by atoms with Gasteiger partial charge in [0, 0.05) is 5.92 Å². The van der Waals surface area contributed by atoms with Gasteiger partial charge in [-0.25, -0.2) is 0 Å². The van der Waals surface area contributed by atoms with Crippen LogP contribution in [0.2, 0.25) is 0 Å². The fourth-order valence-electron chi connectivity index (χ4n) is 3.92. The molecule has 1 aromatic carbocycles. The van der Waals surface area contributed by atoms with E-state index in [1.807, 2.05) is 6.07 Å². The van der Waals surface area contributed by atoms with Crippen molar-refractivity contribution in [2.75, 3.05) is 13.1 Å². The van der Waals surface area contributed by atoms with Crippen LogP contribution in [-0.4, -0.2) is 19.0 Å². The van der Waals surface area contributed by atoms with Crippen LogP contribution in [0.3, 0.4) is 0 Å². The Balaban J connectivity index is 0.00000192. The van der Waals surface area contributed by atoms with Gasteiger partial charge in [0.25, 0.3) is 0 Å². The highest BCUT2D eigenvalue weighted by atomic mass is 35.5. The first kappa shape index (κ1) is 18.3. The zero-order chi connectivity index (χ0) is 15.2. The Kier molecular flexibility index (Phi) is 7.38. The van der Waals surface area contributed by atoms with Gasteiger partial charge in [-0.1, -0.05) is 56.0 Å². The van der Waals surface area contributed by atoms with Crippen LogP contribution in [0.5, 0.6) is 0 Å². The topological polar surface area (TPSA) is 41.1 Å². The van der Waals surface area contributed by atoms with E-state index in [9.17, 15) is 4.79 Å². The number of rotatable bonds is 5. The molecule has 2 fully saturated rings. The number of benzene rings is 1. The van der Waals surface area contributed by atoms with Gasteiger partial charge >= 0.3 is 0 Å². The van der Waals surface area contributed by atoms with Gasteiger partial charge in [-0.15, -0.1) is 12.4 Å². The van der Waals surface area contributed by atoms with E-state index in [4.69, 9.17) is 0 Å². The van der Waals surface area contributed by atoms with E-state index >= 15 is 0 Å². The van der Waals surface area contributed by atoms with E-state index in [1.165, 1.54) is 31.2 Å². The van der Waals surface area contributed by atoms with Crippen molar-refractivity contribution in [1.29, 1.82) is 0 Å². The number of carbonyl (C=O) groups is 1. The lowest BCUT2D eigenvalue weighted by atomic mass is 9.91. The quantitative estimate of drug-likeness (QED) is 0.857. The third-order valence-electron chi connectivity index (χ3n) is 5.27. The fourth-order valence-corrected chi connectivity index (χ4v) is 3.92. The van der Waals surface area contributed by atoms with Crippen LogP contribution >= 0.6 is 12.4 Å². The first-order chi connectivity index (χ1) is 10.8. The molecule has 0 bridgehead atoms. The molecule has 3 rings (SSSR count). The Labute approximate surface area is 146 Å². The molecule has 1 atom stereocenters. The lowest BCUT2D eigenvalue weighted by Crippen LogP contribution is -2.40. The highest BCUT2D eigenvalue weighted by molar-refractivity contribution is 5.85. The SMILES string of the molecule is Cl.O=C(NC(CC1CCCC1)c1ccccc1)C1CCNCC1. The van der Waals surface area contributed by atoms with Crippen LogP contribution in [-0.2, 0) is 4.79 Å². The largest absolute Gasteiger partial charge is 0.349 e. The molecule has 1 amide bonds. The van der Waals surface area contributed by atoms with Crippen molar-refractivity contribution < 1.29 is 4.79 Å². The molecule has 2 aliphatic rings. The normalized spacial score (nSPS) is 20.7. The second kappa shape index (κ2) is 9.29. The highest BCUT2D eigenvalue weighted by Gasteiger charge is 2.26. The molecule has 1 aliphatic carbocycles. The third kappa shape index (κ3) is 5.22. The molecule has 1 saturated heterocycles. The van der Waals surface area contributed by atoms with Crippen LogP contribution in [0.25, 0.3) is 0 Å². The summed E-state index contributed by atoms with van der Waals surface area (Å²) in [7, 11) is 0. The second-order valence-electron chi connectivity index (χ2n) is 6.88. The Hall–Kier alpha value is -1.06. The van der Waals surface area contributed by atoms with Crippen molar-refractivity contribution in [2.45, 2.75) is 51.0 Å².